The van der Waals surface area contributed by atoms with Crippen LogP contribution < -0.4 is 5.32 Å². The molecule has 120 valence electrons. The molecule has 0 aliphatic rings. The minimum Gasteiger partial charge on any atom is -0.309 e. The van der Waals surface area contributed by atoms with Gasteiger partial charge >= 0.3 is 0 Å². The van der Waals surface area contributed by atoms with Crippen molar-refractivity contribution in [2.75, 3.05) is 18.1 Å². The molecule has 0 saturated carbocycles. The van der Waals surface area contributed by atoms with Crippen LogP contribution in [-0.4, -0.2) is 26.5 Å². The molecule has 0 spiro atoms. The molecular weight excluding hydrogens is 282 g/mol. The minimum absolute atomic E-state index is 0.110. The van der Waals surface area contributed by atoms with Gasteiger partial charge in [-0.05, 0) is 43.5 Å². The van der Waals surface area contributed by atoms with Crippen molar-refractivity contribution in [3.8, 4) is 0 Å². The highest BCUT2D eigenvalue weighted by Crippen LogP contribution is 2.19. The third-order valence-corrected chi connectivity index (χ3v) is 5.62. The van der Waals surface area contributed by atoms with Gasteiger partial charge in [-0.1, -0.05) is 44.9 Å². The molecule has 0 fully saturated rings. The molecule has 21 heavy (non-hydrogen) atoms. The Balaban J connectivity index is 2.83. The maximum atomic E-state index is 12.3. The van der Waals surface area contributed by atoms with Gasteiger partial charge in [0.15, 0.2) is 9.84 Å². The quantitative estimate of drug-likeness (QED) is 0.709. The predicted molar refractivity (Wildman–Crippen MR) is 90.5 cm³/mol. The molecule has 1 N–H and O–H groups in total. The van der Waals surface area contributed by atoms with Gasteiger partial charge in [-0.25, -0.2) is 8.42 Å². The van der Waals surface area contributed by atoms with Crippen LogP contribution in [0.15, 0.2) is 18.2 Å². The third kappa shape index (κ3) is 6.18. The Labute approximate surface area is 130 Å². The van der Waals surface area contributed by atoms with Crippen molar-refractivity contribution in [3.63, 3.8) is 0 Å². The number of nitrogens with one attached hydrogen (secondary N) is 1. The maximum Gasteiger partial charge on any atom is 0.152 e. The molecule has 0 saturated heterocycles. The summed E-state index contributed by atoms with van der Waals surface area (Å²) in [5, 5.41) is 3.31. The molecule has 1 aromatic rings. The average molecular weight is 311 g/mol. The molecule has 1 unspecified atom stereocenters. The number of sulfone groups is 1. The van der Waals surface area contributed by atoms with Crippen molar-refractivity contribution < 1.29 is 8.42 Å². The lowest BCUT2D eigenvalue weighted by molar-refractivity contribution is 0.556. The van der Waals surface area contributed by atoms with Crippen molar-refractivity contribution in [3.05, 3.63) is 34.9 Å². The first kappa shape index (κ1) is 18.2. The highest BCUT2D eigenvalue weighted by molar-refractivity contribution is 7.91. The summed E-state index contributed by atoms with van der Waals surface area (Å²) in [4.78, 5) is 0. The maximum absolute atomic E-state index is 12.3. The Morgan fingerprint density at radius 3 is 2.38 bits per heavy atom. The summed E-state index contributed by atoms with van der Waals surface area (Å²) in [6, 6.07) is 6.10. The number of unbranched alkanes of at least 4 members (excludes halogenated alkanes) is 2. The van der Waals surface area contributed by atoms with Crippen LogP contribution >= 0.6 is 0 Å². The van der Waals surface area contributed by atoms with E-state index in [2.05, 4.69) is 38.2 Å². The zero-order chi connectivity index (χ0) is 15.9. The Morgan fingerprint density at radius 1 is 1.10 bits per heavy atom. The second-order valence-corrected chi connectivity index (χ2v) is 8.00. The van der Waals surface area contributed by atoms with E-state index in [0.29, 0.717) is 5.75 Å². The van der Waals surface area contributed by atoms with E-state index in [1.54, 1.807) is 0 Å². The summed E-state index contributed by atoms with van der Waals surface area (Å²) in [6.07, 6.45) is 2.79. The van der Waals surface area contributed by atoms with Crippen molar-refractivity contribution in [2.45, 2.75) is 53.0 Å². The van der Waals surface area contributed by atoms with Crippen LogP contribution in [0.3, 0.4) is 0 Å². The Hall–Kier alpha value is -0.870. The zero-order valence-corrected chi connectivity index (χ0v) is 14.6. The Kier molecular flexibility index (Phi) is 7.40. The molecule has 0 amide bonds. The third-order valence-electron chi connectivity index (χ3n) is 3.86. The van der Waals surface area contributed by atoms with Crippen LogP contribution in [0.2, 0.25) is 0 Å². The van der Waals surface area contributed by atoms with Gasteiger partial charge in [0.2, 0.25) is 0 Å². The zero-order valence-electron chi connectivity index (χ0n) is 13.8. The fourth-order valence-corrected chi connectivity index (χ4v) is 4.04. The molecule has 1 aromatic carbocycles. The molecule has 4 heteroatoms. The monoisotopic (exact) mass is 311 g/mol. The van der Waals surface area contributed by atoms with E-state index < -0.39 is 9.84 Å². The van der Waals surface area contributed by atoms with Crippen molar-refractivity contribution in [2.24, 2.45) is 0 Å². The SMILES string of the molecule is CCCCCS(=O)(=O)CC(NCC)c1ccc(C)c(C)c1. The minimum atomic E-state index is -3.01. The normalized spacial score (nSPS) is 13.3. The number of aryl methyl sites for hydroxylation is 2. The van der Waals surface area contributed by atoms with E-state index in [1.165, 1.54) is 11.1 Å². The van der Waals surface area contributed by atoms with Crippen LogP contribution in [0.25, 0.3) is 0 Å². The predicted octanol–water partition coefficient (Wildman–Crippen LogP) is 3.56. The summed E-state index contributed by atoms with van der Waals surface area (Å²) in [7, 11) is -3.01. The number of rotatable bonds is 9. The van der Waals surface area contributed by atoms with E-state index >= 15 is 0 Å². The lowest BCUT2D eigenvalue weighted by atomic mass is 10.0. The lowest BCUT2D eigenvalue weighted by Crippen LogP contribution is -2.29. The van der Waals surface area contributed by atoms with Gasteiger partial charge in [0.05, 0.1) is 11.5 Å². The second-order valence-electron chi connectivity index (χ2n) is 5.78. The summed E-state index contributed by atoms with van der Waals surface area (Å²) in [6.45, 7) is 9.00. The van der Waals surface area contributed by atoms with Crippen molar-refractivity contribution in [1.29, 1.82) is 0 Å². The Bertz CT molecular complexity index is 538. The van der Waals surface area contributed by atoms with Crippen LogP contribution in [-0.2, 0) is 9.84 Å². The highest BCUT2D eigenvalue weighted by atomic mass is 32.2. The van der Waals surface area contributed by atoms with Gasteiger partial charge in [-0.15, -0.1) is 0 Å². The average Bonchev–Trinajstić information content (AvgIpc) is 2.41. The van der Waals surface area contributed by atoms with Crippen LogP contribution in [0, 0.1) is 13.8 Å². The van der Waals surface area contributed by atoms with Crippen LogP contribution in [0.1, 0.15) is 55.8 Å². The van der Waals surface area contributed by atoms with Crippen LogP contribution in [0.4, 0.5) is 0 Å². The van der Waals surface area contributed by atoms with E-state index in [1.807, 2.05) is 13.0 Å². The van der Waals surface area contributed by atoms with Gasteiger partial charge in [0, 0.05) is 6.04 Å². The fourth-order valence-electron chi connectivity index (χ4n) is 2.41. The molecular formula is C17H29NO2S. The van der Waals surface area contributed by atoms with Gasteiger partial charge in [0.1, 0.15) is 0 Å². The van der Waals surface area contributed by atoms with E-state index in [4.69, 9.17) is 0 Å². The molecule has 0 aromatic heterocycles. The first-order valence-electron chi connectivity index (χ1n) is 7.90. The van der Waals surface area contributed by atoms with Crippen molar-refractivity contribution >= 4 is 9.84 Å². The summed E-state index contributed by atoms with van der Waals surface area (Å²) < 4.78 is 24.6. The molecule has 1 rings (SSSR count). The number of benzene rings is 1. The van der Waals surface area contributed by atoms with Gasteiger partial charge < -0.3 is 5.32 Å². The summed E-state index contributed by atoms with van der Waals surface area (Å²) in [5.41, 5.74) is 3.51. The van der Waals surface area contributed by atoms with E-state index in [0.717, 1.165) is 31.4 Å². The number of hydrogen-bond acceptors (Lipinski definition) is 3. The second kappa shape index (κ2) is 8.54. The lowest BCUT2D eigenvalue weighted by Gasteiger charge is -2.19. The first-order valence-corrected chi connectivity index (χ1v) is 9.72. The van der Waals surface area contributed by atoms with Gasteiger partial charge in [0.25, 0.3) is 0 Å². The van der Waals surface area contributed by atoms with E-state index in [-0.39, 0.29) is 11.8 Å². The molecule has 0 aliphatic carbocycles. The standard InChI is InChI=1S/C17H29NO2S/c1-5-7-8-11-21(19,20)13-17(18-6-2)16-10-9-14(3)15(4)12-16/h9-10,12,17-18H,5-8,11,13H2,1-4H3. The summed E-state index contributed by atoms with van der Waals surface area (Å²) >= 11 is 0. The fraction of sp³-hybridized carbons (Fsp3) is 0.647. The largest absolute Gasteiger partial charge is 0.309 e. The first-order chi connectivity index (χ1) is 9.89. The van der Waals surface area contributed by atoms with E-state index in [9.17, 15) is 8.42 Å². The molecule has 3 nitrogen and oxygen atoms in total. The van der Waals surface area contributed by atoms with Gasteiger partial charge in [-0.2, -0.15) is 0 Å². The summed E-state index contributed by atoms with van der Waals surface area (Å²) in [5.74, 6) is 0.487. The Morgan fingerprint density at radius 2 is 1.81 bits per heavy atom. The molecule has 0 aliphatic heterocycles. The van der Waals surface area contributed by atoms with Crippen molar-refractivity contribution in [1.82, 2.24) is 5.32 Å². The molecule has 1 atom stereocenters. The van der Waals surface area contributed by atoms with Crippen LogP contribution in [0.5, 0.6) is 0 Å². The topological polar surface area (TPSA) is 46.2 Å². The molecule has 0 radical (unpaired) electrons. The molecule has 0 bridgehead atoms. The smallest absolute Gasteiger partial charge is 0.152 e. The molecule has 0 heterocycles. The number of hydrogen-bond donors (Lipinski definition) is 1. The highest BCUT2D eigenvalue weighted by Gasteiger charge is 2.20. The van der Waals surface area contributed by atoms with Gasteiger partial charge in [-0.3, -0.25) is 0 Å².